The number of benzene rings is 2. The van der Waals surface area contributed by atoms with Crippen molar-refractivity contribution in [2.75, 3.05) is 20.2 Å². The first-order chi connectivity index (χ1) is 11.6. The second-order valence-corrected chi connectivity index (χ2v) is 5.78. The first-order valence-electron chi connectivity index (χ1n) is 7.77. The molecular weight excluding hydrogens is 308 g/mol. The molecule has 0 aromatic heterocycles. The number of rotatable bonds is 4. The van der Waals surface area contributed by atoms with E-state index in [1.54, 1.807) is 24.1 Å². The molecule has 3 rings (SSSR count). The Morgan fingerprint density at radius 2 is 1.92 bits per heavy atom. The van der Waals surface area contributed by atoms with Crippen LogP contribution in [0.4, 0.5) is 5.69 Å². The van der Waals surface area contributed by atoms with Crippen molar-refractivity contribution in [1.29, 1.82) is 0 Å². The maximum atomic E-state index is 12.7. The molecule has 0 N–H and O–H groups in total. The number of amides is 1. The summed E-state index contributed by atoms with van der Waals surface area (Å²) in [5.74, 6) is 0.755. The van der Waals surface area contributed by atoms with E-state index in [2.05, 4.69) is 0 Å². The Bertz CT molecular complexity index is 758. The minimum absolute atomic E-state index is 0.143. The number of para-hydroxylation sites is 1. The van der Waals surface area contributed by atoms with Crippen molar-refractivity contribution in [1.82, 2.24) is 4.90 Å². The van der Waals surface area contributed by atoms with E-state index in [9.17, 15) is 14.9 Å². The smallest absolute Gasteiger partial charge is 0.282 e. The van der Waals surface area contributed by atoms with Crippen molar-refractivity contribution >= 4 is 11.6 Å². The number of hydrogen-bond acceptors (Lipinski definition) is 4. The van der Waals surface area contributed by atoms with E-state index >= 15 is 0 Å². The zero-order chi connectivity index (χ0) is 17.1. The maximum Gasteiger partial charge on any atom is 0.282 e. The van der Waals surface area contributed by atoms with E-state index in [1.165, 1.54) is 12.1 Å². The largest absolute Gasteiger partial charge is 0.497 e. The summed E-state index contributed by atoms with van der Waals surface area (Å²) in [5, 5.41) is 11.1. The van der Waals surface area contributed by atoms with Crippen molar-refractivity contribution in [3.8, 4) is 5.75 Å². The summed E-state index contributed by atoms with van der Waals surface area (Å²) in [5.41, 5.74) is 1.15. The number of nitro groups is 1. The van der Waals surface area contributed by atoms with Crippen LogP contribution in [0.5, 0.6) is 5.75 Å². The molecule has 1 amide bonds. The number of carbonyl (C=O) groups excluding carboxylic acids is 1. The molecule has 1 aliphatic heterocycles. The standard InChI is InChI=1S/C18H18N2O4/c1-24-15-8-6-13(7-9-15)14-10-11-19(12-14)18(21)16-4-2-3-5-17(16)20(22)23/h2-9,14H,10-12H2,1H3. The van der Waals surface area contributed by atoms with Crippen LogP contribution >= 0.6 is 0 Å². The highest BCUT2D eigenvalue weighted by Gasteiger charge is 2.31. The summed E-state index contributed by atoms with van der Waals surface area (Å²) in [7, 11) is 1.62. The Balaban J connectivity index is 1.75. The molecule has 1 atom stereocenters. The molecule has 24 heavy (non-hydrogen) atoms. The van der Waals surface area contributed by atoms with E-state index in [0.717, 1.165) is 17.7 Å². The lowest BCUT2D eigenvalue weighted by atomic mass is 9.98. The molecule has 1 aliphatic rings. The highest BCUT2D eigenvalue weighted by molar-refractivity contribution is 5.98. The summed E-state index contributed by atoms with van der Waals surface area (Å²) in [6.45, 7) is 1.17. The SMILES string of the molecule is COc1ccc(C2CCN(C(=O)c3ccccc3[N+](=O)[O-])C2)cc1. The average molecular weight is 326 g/mol. The average Bonchev–Trinajstić information content (AvgIpc) is 3.11. The molecule has 0 radical (unpaired) electrons. The van der Waals surface area contributed by atoms with Gasteiger partial charge in [-0.05, 0) is 30.2 Å². The van der Waals surface area contributed by atoms with Gasteiger partial charge in [-0.3, -0.25) is 14.9 Å². The van der Waals surface area contributed by atoms with Crippen LogP contribution in [0, 0.1) is 10.1 Å². The molecule has 6 nitrogen and oxygen atoms in total. The van der Waals surface area contributed by atoms with Gasteiger partial charge in [0, 0.05) is 25.1 Å². The molecule has 2 aromatic rings. The van der Waals surface area contributed by atoms with Gasteiger partial charge in [0.05, 0.1) is 12.0 Å². The minimum atomic E-state index is -0.510. The normalized spacial score (nSPS) is 16.9. The first-order valence-corrected chi connectivity index (χ1v) is 7.77. The first kappa shape index (κ1) is 16.0. The monoisotopic (exact) mass is 326 g/mol. The molecule has 0 bridgehead atoms. The third-order valence-electron chi connectivity index (χ3n) is 4.39. The molecule has 1 saturated heterocycles. The Labute approximate surface area is 139 Å². The summed E-state index contributed by atoms with van der Waals surface area (Å²) in [6.07, 6.45) is 0.846. The molecule has 0 spiro atoms. The fourth-order valence-corrected chi connectivity index (χ4v) is 3.08. The molecule has 124 valence electrons. The van der Waals surface area contributed by atoms with Crippen LogP contribution in [0.1, 0.15) is 28.3 Å². The summed E-state index contributed by atoms with van der Waals surface area (Å²) < 4.78 is 5.16. The van der Waals surface area contributed by atoms with Gasteiger partial charge in [-0.25, -0.2) is 0 Å². The molecule has 0 aliphatic carbocycles. The molecule has 1 unspecified atom stereocenters. The lowest BCUT2D eigenvalue weighted by Crippen LogP contribution is -2.29. The van der Waals surface area contributed by atoms with E-state index in [-0.39, 0.29) is 23.1 Å². The number of hydrogen-bond donors (Lipinski definition) is 0. The van der Waals surface area contributed by atoms with E-state index in [4.69, 9.17) is 4.74 Å². The van der Waals surface area contributed by atoms with Gasteiger partial charge in [-0.2, -0.15) is 0 Å². The zero-order valence-electron chi connectivity index (χ0n) is 13.3. The molecule has 1 heterocycles. The molecular formula is C18H18N2O4. The topological polar surface area (TPSA) is 72.7 Å². The number of nitrogens with zero attached hydrogens (tertiary/aromatic N) is 2. The quantitative estimate of drug-likeness (QED) is 0.639. The number of ether oxygens (including phenoxy) is 1. The van der Waals surface area contributed by atoms with Gasteiger partial charge in [0.15, 0.2) is 0 Å². The van der Waals surface area contributed by atoms with Crippen LogP contribution in [0.25, 0.3) is 0 Å². The van der Waals surface area contributed by atoms with Gasteiger partial charge in [0.25, 0.3) is 11.6 Å². The fourth-order valence-electron chi connectivity index (χ4n) is 3.08. The van der Waals surface area contributed by atoms with Crippen molar-refractivity contribution in [2.24, 2.45) is 0 Å². The number of carbonyl (C=O) groups is 1. The predicted octanol–water partition coefficient (Wildman–Crippen LogP) is 3.23. The molecule has 6 heteroatoms. The fraction of sp³-hybridized carbons (Fsp3) is 0.278. The Morgan fingerprint density at radius 3 is 2.58 bits per heavy atom. The van der Waals surface area contributed by atoms with Gasteiger partial charge in [-0.1, -0.05) is 24.3 Å². The maximum absolute atomic E-state index is 12.7. The third-order valence-corrected chi connectivity index (χ3v) is 4.39. The Kier molecular flexibility index (Phi) is 4.46. The van der Waals surface area contributed by atoms with Crippen molar-refractivity contribution < 1.29 is 14.5 Å². The van der Waals surface area contributed by atoms with Gasteiger partial charge in [-0.15, -0.1) is 0 Å². The lowest BCUT2D eigenvalue weighted by molar-refractivity contribution is -0.385. The second kappa shape index (κ2) is 6.70. The molecule has 1 fully saturated rings. The van der Waals surface area contributed by atoms with Gasteiger partial charge in [0.1, 0.15) is 11.3 Å². The second-order valence-electron chi connectivity index (χ2n) is 5.78. The van der Waals surface area contributed by atoms with Gasteiger partial charge < -0.3 is 9.64 Å². The van der Waals surface area contributed by atoms with Crippen molar-refractivity contribution in [3.05, 3.63) is 69.8 Å². The van der Waals surface area contributed by atoms with E-state index in [1.807, 2.05) is 24.3 Å². The lowest BCUT2D eigenvalue weighted by Gasteiger charge is -2.17. The summed E-state index contributed by atoms with van der Waals surface area (Å²) in [6, 6.07) is 13.9. The van der Waals surface area contributed by atoms with Crippen LogP contribution in [-0.4, -0.2) is 35.9 Å². The van der Waals surface area contributed by atoms with Gasteiger partial charge >= 0.3 is 0 Å². The number of likely N-dealkylation sites (tertiary alicyclic amines) is 1. The summed E-state index contributed by atoms with van der Waals surface area (Å²) in [4.78, 5) is 24.9. The highest BCUT2D eigenvalue weighted by Crippen LogP contribution is 2.30. The van der Waals surface area contributed by atoms with E-state index < -0.39 is 4.92 Å². The number of methoxy groups -OCH3 is 1. The van der Waals surface area contributed by atoms with Crippen molar-refractivity contribution in [2.45, 2.75) is 12.3 Å². The summed E-state index contributed by atoms with van der Waals surface area (Å²) >= 11 is 0. The van der Waals surface area contributed by atoms with E-state index in [0.29, 0.717) is 13.1 Å². The van der Waals surface area contributed by atoms with Gasteiger partial charge in [0.2, 0.25) is 0 Å². The Morgan fingerprint density at radius 1 is 1.21 bits per heavy atom. The van der Waals surface area contributed by atoms with Crippen LogP contribution < -0.4 is 4.74 Å². The van der Waals surface area contributed by atoms with Crippen LogP contribution in [0.15, 0.2) is 48.5 Å². The third kappa shape index (κ3) is 3.08. The minimum Gasteiger partial charge on any atom is -0.497 e. The molecule has 0 saturated carbocycles. The van der Waals surface area contributed by atoms with Crippen LogP contribution in [0.3, 0.4) is 0 Å². The predicted molar refractivity (Wildman–Crippen MR) is 89.4 cm³/mol. The van der Waals surface area contributed by atoms with Crippen LogP contribution in [-0.2, 0) is 0 Å². The number of nitro benzene ring substituents is 1. The highest BCUT2D eigenvalue weighted by atomic mass is 16.6. The van der Waals surface area contributed by atoms with Crippen LogP contribution in [0.2, 0.25) is 0 Å². The van der Waals surface area contributed by atoms with Crippen molar-refractivity contribution in [3.63, 3.8) is 0 Å². The molecule has 2 aromatic carbocycles. The zero-order valence-corrected chi connectivity index (χ0v) is 13.3. The Hall–Kier alpha value is -2.89.